The Morgan fingerprint density at radius 3 is 1.85 bits per heavy atom. The third kappa shape index (κ3) is 3.17. The molecule has 0 aliphatic heterocycles. The summed E-state index contributed by atoms with van der Waals surface area (Å²) in [5.74, 6) is -13.5. The van der Waals surface area contributed by atoms with Crippen LogP contribution in [0, 0.1) is 29.1 Å². The van der Waals surface area contributed by atoms with Crippen LogP contribution >= 0.6 is 18.6 Å². The fourth-order valence-corrected chi connectivity index (χ4v) is 4.71. The van der Waals surface area contributed by atoms with E-state index in [9.17, 15) is 26.7 Å². The molecule has 1 rings (SSSR count). The van der Waals surface area contributed by atoms with E-state index >= 15 is 0 Å². The van der Waals surface area contributed by atoms with Crippen LogP contribution in [-0.2, 0) is 4.79 Å². The molecule has 9 heteroatoms. The van der Waals surface area contributed by atoms with Crippen LogP contribution in [0.3, 0.4) is 0 Å². The molecule has 0 bridgehead atoms. The summed E-state index contributed by atoms with van der Waals surface area (Å²) in [4.78, 5) is 11.8. The Balaban J connectivity index is 3.27. The number of halogens is 7. The minimum atomic E-state index is -2.29. The maximum absolute atomic E-state index is 13.4. The van der Waals surface area contributed by atoms with Crippen LogP contribution in [0.15, 0.2) is 0 Å². The number of benzene rings is 1. The van der Waals surface area contributed by atoms with Crippen molar-refractivity contribution in [1.29, 1.82) is 0 Å². The molecule has 0 N–H and O–H groups in total. The molecule has 1 atom stereocenters. The van der Waals surface area contributed by atoms with Crippen molar-refractivity contribution in [2.75, 3.05) is 0 Å². The van der Waals surface area contributed by atoms with Crippen molar-refractivity contribution in [3.8, 4) is 5.75 Å². The first-order chi connectivity index (χ1) is 9.19. The predicted molar refractivity (Wildman–Crippen MR) is 64.6 cm³/mol. The summed E-state index contributed by atoms with van der Waals surface area (Å²) in [5.41, 5.74) is 0. The topological polar surface area (TPSA) is 26.3 Å². The van der Waals surface area contributed by atoms with E-state index in [0.717, 1.165) is 0 Å². The van der Waals surface area contributed by atoms with E-state index in [1.165, 1.54) is 6.92 Å². The number of carbonyl (C=O) groups excluding carboxylic acids is 1. The first-order valence-electron chi connectivity index (χ1n) is 5.20. The van der Waals surface area contributed by atoms with Crippen molar-refractivity contribution in [2.45, 2.75) is 23.7 Å². The van der Waals surface area contributed by atoms with Gasteiger partial charge in [0.15, 0.2) is 0 Å². The zero-order valence-electron chi connectivity index (χ0n) is 10.2. The summed E-state index contributed by atoms with van der Waals surface area (Å²) in [5, 5.41) is 0. The molecular weight excluding hydrogens is 513 g/mol. The van der Waals surface area contributed by atoms with E-state index in [2.05, 4.69) is 4.74 Å². The molecule has 114 valence electrons. The zero-order valence-corrected chi connectivity index (χ0v) is 14.5. The fourth-order valence-electron chi connectivity index (χ4n) is 1.10. The second-order valence-corrected chi connectivity index (χ2v) is 9.43. The van der Waals surface area contributed by atoms with E-state index in [1.54, 1.807) is 6.92 Å². The first-order valence-corrected chi connectivity index (χ1v) is 12.6. The first kappa shape index (κ1) is 17.9. The van der Waals surface area contributed by atoms with Crippen molar-refractivity contribution in [2.24, 2.45) is 0 Å². The van der Waals surface area contributed by atoms with Crippen LogP contribution < -0.4 is 22.0 Å². The van der Waals surface area contributed by atoms with Gasteiger partial charge < -0.3 is 0 Å². The van der Waals surface area contributed by atoms with Gasteiger partial charge in [-0.2, -0.15) is 0 Å². The van der Waals surface area contributed by atoms with Crippen molar-refractivity contribution >= 4 is 24.6 Å². The number of rotatable bonds is 4. The monoisotopic (exact) mass is 521 g/mol. The Morgan fingerprint density at radius 1 is 1.10 bits per heavy atom. The van der Waals surface area contributed by atoms with Gasteiger partial charge in [0.25, 0.3) is 0 Å². The maximum atomic E-state index is 13.4. The van der Waals surface area contributed by atoms with Crippen LogP contribution in [0.4, 0.5) is 22.0 Å². The third-order valence-corrected chi connectivity index (χ3v) is 10.8. The van der Waals surface area contributed by atoms with Gasteiger partial charge in [-0.25, -0.2) is 0 Å². The van der Waals surface area contributed by atoms with Crippen LogP contribution in [-0.4, -0.2) is 9.39 Å². The minimum absolute atomic E-state index is 0.331. The van der Waals surface area contributed by atoms with Crippen LogP contribution in [0.1, 0.15) is 20.3 Å². The molecule has 0 saturated heterocycles. The molecule has 1 unspecified atom stereocenters. The van der Waals surface area contributed by atoms with Gasteiger partial charge in [-0.15, -0.1) is 0 Å². The average molecular weight is 521 g/mol. The SMILES string of the molecule is CCC(C)([I-]I)C(=O)Oc1c(F)c(F)c(F)c(F)c1F. The van der Waals surface area contributed by atoms with Gasteiger partial charge in [-0.05, 0) is 0 Å². The molecule has 0 radical (unpaired) electrons. The Hall–Kier alpha value is -0.200. The summed E-state index contributed by atoms with van der Waals surface area (Å²) in [6.45, 7) is 3.18. The molecule has 0 aromatic heterocycles. The summed E-state index contributed by atoms with van der Waals surface area (Å²) in [6.07, 6.45) is 0.331. The van der Waals surface area contributed by atoms with Gasteiger partial charge in [0.2, 0.25) is 0 Å². The Kier molecular flexibility index (Phi) is 5.99. The molecule has 0 aliphatic carbocycles. The molecule has 0 saturated carbocycles. The molecule has 2 nitrogen and oxygen atoms in total. The number of alkyl halides is 1. The van der Waals surface area contributed by atoms with Crippen molar-refractivity contribution < 1.29 is 48.7 Å². The van der Waals surface area contributed by atoms with E-state index < -0.39 is 61.5 Å². The molecule has 0 spiro atoms. The summed E-state index contributed by atoms with van der Waals surface area (Å²) < 4.78 is 69.0. The van der Waals surface area contributed by atoms with Gasteiger partial charge in [-0.3, -0.25) is 0 Å². The Bertz CT molecular complexity index is 517. The number of esters is 1. The number of hydrogen-bond acceptors (Lipinski definition) is 2. The standard InChI is InChI=1S/C11H8F5I2O2/c1-3-11(2,18-17)10(19)20-9-7(15)5(13)4(12)6(14)8(9)16/h3H2,1-2H3/q-1. The summed E-state index contributed by atoms with van der Waals surface area (Å²) in [7, 11) is 0. The Morgan fingerprint density at radius 2 is 1.50 bits per heavy atom. The van der Waals surface area contributed by atoms with Gasteiger partial charge in [0, 0.05) is 0 Å². The van der Waals surface area contributed by atoms with Gasteiger partial charge in [-0.1, -0.05) is 0 Å². The quantitative estimate of drug-likeness (QED) is 0.112. The normalized spacial score (nSPS) is 14.2. The second kappa shape index (κ2) is 6.71. The fraction of sp³-hybridized carbons (Fsp3) is 0.364. The van der Waals surface area contributed by atoms with Gasteiger partial charge in [0.1, 0.15) is 0 Å². The second-order valence-electron chi connectivity index (χ2n) is 3.91. The molecule has 20 heavy (non-hydrogen) atoms. The van der Waals surface area contributed by atoms with Gasteiger partial charge in [0.05, 0.1) is 0 Å². The van der Waals surface area contributed by atoms with Crippen molar-refractivity contribution in [3.05, 3.63) is 29.1 Å². The summed E-state index contributed by atoms with van der Waals surface area (Å²) >= 11 is 1.24. The summed E-state index contributed by atoms with van der Waals surface area (Å²) in [6, 6.07) is 0. The third-order valence-electron chi connectivity index (χ3n) is 2.61. The van der Waals surface area contributed by atoms with Gasteiger partial charge >= 0.3 is 132 Å². The van der Waals surface area contributed by atoms with E-state index in [0.29, 0.717) is 6.42 Å². The molecule has 0 fully saturated rings. The van der Waals surface area contributed by atoms with Crippen LogP contribution in [0.5, 0.6) is 5.75 Å². The van der Waals surface area contributed by atoms with Crippen LogP contribution in [0.2, 0.25) is 0 Å². The molecule has 0 amide bonds. The molecule has 1 aromatic rings. The molecular formula is C11H8F5I2O2-. The van der Waals surface area contributed by atoms with Crippen LogP contribution in [0.25, 0.3) is 0 Å². The predicted octanol–water partition coefficient (Wildman–Crippen LogP) is 0.895. The van der Waals surface area contributed by atoms with Crippen molar-refractivity contribution in [1.82, 2.24) is 0 Å². The van der Waals surface area contributed by atoms with Crippen molar-refractivity contribution in [3.63, 3.8) is 0 Å². The van der Waals surface area contributed by atoms with E-state index in [-0.39, 0.29) is 0 Å². The zero-order chi connectivity index (χ0) is 15.7. The van der Waals surface area contributed by atoms with E-state index in [4.69, 9.17) is 0 Å². The average Bonchev–Trinajstić information content (AvgIpc) is 2.46. The molecule has 1 aromatic carbocycles. The van der Waals surface area contributed by atoms with E-state index in [1.807, 2.05) is 18.6 Å². The molecule has 0 aliphatic rings. The number of hydrogen-bond donors (Lipinski definition) is 0. The Labute approximate surface area is 131 Å². The molecule has 0 heterocycles. The number of carbonyl (C=O) groups is 1. The number of ether oxygens (including phenoxy) is 1.